The number of nitrogens with zero attached hydrogens (tertiary/aromatic N) is 3. The Morgan fingerprint density at radius 3 is 2.65 bits per heavy atom. The molecule has 3 amide bonds. The second kappa shape index (κ2) is 9.42. The van der Waals surface area contributed by atoms with Crippen LogP contribution in [0.5, 0.6) is 0 Å². The summed E-state index contributed by atoms with van der Waals surface area (Å²) in [6, 6.07) is 15.8. The minimum atomic E-state index is -0.732. The van der Waals surface area contributed by atoms with Crippen molar-refractivity contribution in [1.29, 1.82) is 0 Å². The summed E-state index contributed by atoms with van der Waals surface area (Å²) in [5.41, 5.74) is 2.44. The molecule has 8 nitrogen and oxygen atoms in total. The van der Waals surface area contributed by atoms with E-state index in [1.807, 2.05) is 54.6 Å². The molecule has 3 aromatic rings. The number of hydrogen-bond donors (Lipinski definition) is 3. The first kappa shape index (κ1) is 20.6. The lowest BCUT2D eigenvalue weighted by molar-refractivity contribution is -0.120. The van der Waals surface area contributed by atoms with Gasteiger partial charge in [-0.3, -0.25) is 10.1 Å². The number of fused-ring (bicyclic) bond motifs is 1. The van der Waals surface area contributed by atoms with Crippen molar-refractivity contribution in [1.82, 2.24) is 25.4 Å². The molecule has 3 N–H and O–H groups in total. The molecule has 4 rings (SSSR count). The highest BCUT2D eigenvalue weighted by Gasteiger charge is 2.23. The van der Waals surface area contributed by atoms with Gasteiger partial charge in [0.2, 0.25) is 0 Å². The molecule has 0 spiro atoms. The number of aromatic nitrogens is 3. The summed E-state index contributed by atoms with van der Waals surface area (Å²) in [5, 5.41) is 16.9. The number of urea groups is 1. The molecule has 0 saturated carbocycles. The molecule has 0 aliphatic carbocycles. The van der Waals surface area contributed by atoms with Gasteiger partial charge in [-0.25, -0.2) is 4.79 Å². The van der Waals surface area contributed by atoms with Gasteiger partial charge in [-0.1, -0.05) is 48.9 Å². The molecule has 160 valence electrons. The number of carbonyl (C=O) groups is 2. The molecule has 0 fully saturated rings. The molecule has 2 aromatic carbocycles. The number of carbonyl (C=O) groups excluding carboxylic acids is 2. The summed E-state index contributed by atoms with van der Waals surface area (Å²) in [6.07, 6.45) is 4.40. The molecule has 0 unspecified atom stereocenters. The number of aryl methyl sites for hydroxylation is 1. The Morgan fingerprint density at radius 2 is 1.84 bits per heavy atom. The molecule has 0 radical (unpaired) electrons. The SMILES string of the molecule is CNC(=O)NC(=O)[C@@H](Nc1cccc(-c2nnc3n2CCCCC3)c1)c1ccccc1. The van der Waals surface area contributed by atoms with Crippen molar-refractivity contribution in [3.05, 3.63) is 66.0 Å². The van der Waals surface area contributed by atoms with Crippen LogP contribution in [0.3, 0.4) is 0 Å². The lowest BCUT2D eigenvalue weighted by Gasteiger charge is -2.20. The molecule has 31 heavy (non-hydrogen) atoms. The van der Waals surface area contributed by atoms with Gasteiger partial charge in [-0.15, -0.1) is 10.2 Å². The Hall–Kier alpha value is -3.68. The Bertz CT molecular complexity index is 1060. The Kier molecular flexibility index (Phi) is 6.26. The lowest BCUT2D eigenvalue weighted by atomic mass is 10.1. The van der Waals surface area contributed by atoms with Gasteiger partial charge in [0.15, 0.2) is 5.82 Å². The van der Waals surface area contributed by atoms with Crippen molar-refractivity contribution in [2.75, 3.05) is 12.4 Å². The summed E-state index contributed by atoms with van der Waals surface area (Å²) in [7, 11) is 1.47. The van der Waals surface area contributed by atoms with Crippen LogP contribution in [0.1, 0.15) is 36.7 Å². The van der Waals surface area contributed by atoms with Crippen LogP contribution in [0, 0.1) is 0 Å². The van der Waals surface area contributed by atoms with E-state index in [1.54, 1.807) is 0 Å². The standard InChI is InChI=1S/C23H26N6O2/c1-24-23(31)26-22(30)20(16-9-4-2-5-10-16)25-18-12-8-11-17(15-18)21-28-27-19-13-6-3-7-14-29(19)21/h2,4-5,8-12,15,20,25H,3,6-7,13-14H2,1H3,(H2,24,26,30,31)/t20-/m0/s1. The summed E-state index contributed by atoms with van der Waals surface area (Å²) in [6.45, 7) is 0.913. The van der Waals surface area contributed by atoms with E-state index in [4.69, 9.17) is 0 Å². The minimum Gasteiger partial charge on any atom is -0.370 e. The van der Waals surface area contributed by atoms with E-state index in [9.17, 15) is 9.59 Å². The zero-order valence-electron chi connectivity index (χ0n) is 17.5. The smallest absolute Gasteiger partial charge is 0.321 e. The van der Waals surface area contributed by atoms with Crippen LogP contribution < -0.4 is 16.0 Å². The van der Waals surface area contributed by atoms with E-state index in [0.29, 0.717) is 0 Å². The van der Waals surface area contributed by atoms with Crippen LogP contribution in [-0.2, 0) is 17.8 Å². The van der Waals surface area contributed by atoms with Gasteiger partial charge in [-0.05, 0) is 30.5 Å². The average molecular weight is 419 g/mol. The largest absolute Gasteiger partial charge is 0.370 e. The van der Waals surface area contributed by atoms with Crippen molar-refractivity contribution in [2.24, 2.45) is 0 Å². The number of amides is 3. The third kappa shape index (κ3) is 4.74. The summed E-state index contributed by atoms with van der Waals surface area (Å²) >= 11 is 0. The third-order valence-electron chi connectivity index (χ3n) is 5.40. The van der Waals surface area contributed by atoms with Crippen LogP contribution in [0.4, 0.5) is 10.5 Å². The number of nitrogens with one attached hydrogen (secondary N) is 3. The maximum atomic E-state index is 12.8. The Balaban J connectivity index is 1.62. The first-order valence-electron chi connectivity index (χ1n) is 10.5. The van der Waals surface area contributed by atoms with E-state index >= 15 is 0 Å². The zero-order chi connectivity index (χ0) is 21.6. The van der Waals surface area contributed by atoms with Crippen molar-refractivity contribution in [3.63, 3.8) is 0 Å². The predicted octanol–water partition coefficient (Wildman–Crippen LogP) is 3.28. The molecule has 8 heteroatoms. The summed E-state index contributed by atoms with van der Waals surface area (Å²) in [5.74, 6) is 1.43. The quantitative estimate of drug-likeness (QED) is 0.590. The molecular weight excluding hydrogens is 392 g/mol. The number of benzene rings is 2. The maximum absolute atomic E-state index is 12.8. The fourth-order valence-electron chi connectivity index (χ4n) is 3.81. The van der Waals surface area contributed by atoms with Crippen molar-refractivity contribution in [2.45, 2.75) is 38.3 Å². The Labute approximate surface area is 181 Å². The molecule has 2 heterocycles. The monoisotopic (exact) mass is 418 g/mol. The van der Waals surface area contributed by atoms with Crippen LogP contribution in [0.25, 0.3) is 11.4 Å². The molecule has 1 aliphatic heterocycles. The highest BCUT2D eigenvalue weighted by molar-refractivity contribution is 5.98. The first-order chi connectivity index (χ1) is 15.2. The maximum Gasteiger partial charge on any atom is 0.321 e. The van der Waals surface area contributed by atoms with Crippen LogP contribution >= 0.6 is 0 Å². The van der Waals surface area contributed by atoms with Gasteiger partial charge in [-0.2, -0.15) is 0 Å². The third-order valence-corrected chi connectivity index (χ3v) is 5.40. The van der Waals surface area contributed by atoms with Crippen molar-refractivity contribution in [3.8, 4) is 11.4 Å². The lowest BCUT2D eigenvalue weighted by Crippen LogP contribution is -2.42. The van der Waals surface area contributed by atoms with E-state index in [2.05, 4.69) is 30.7 Å². The topological polar surface area (TPSA) is 101 Å². The number of hydrogen-bond acceptors (Lipinski definition) is 5. The molecule has 1 aromatic heterocycles. The minimum absolute atomic E-state index is 0.438. The molecule has 1 aliphatic rings. The highest BCUT2D eigenvalue weighted by Crippen LogP contribution is 2.27. The predicted molar refractivity (Wildman–Crippen MR) is 118 cm³/mol. The van der Waals surface area contributed by atoms with Crippen molar-refractivity contribution < 1.29 is 9.59 Å². The van der Waals surface area contributed by atoms with Gasteiger partial charge >= 0.3 is 6.03 Å². The van der Waals surface area contributed by atoms with Gasteiger partial charge in [0.25, 0.3) is 5.91 Å². The van der Waals surface area contributed by atoms with Crippen LogP contribution in [0.2, 0.25) is 0 Å². The van der Waals surface area contributed by atoms with E-state index in [0.717, 1.165) is 54.3 Å². The second-order valence-corrected chi connectivity index (χ2v) is 7.54. The first-order valence-corrected chi connectivity index (χ1v) is 10.5. The average Bonchev–Trinajstić information content (AvgIpc) is 3.06. The van der Waals surface area contributed by atoms with Crippen molar-refractivity contribution >= 4 is 17.6 Å². The number of imide groups is 1. The van der Waals surface area contributed by atoms with Gasteiger partial charge in [0.05, 0.1) is 0 Å². The fraction of sp³-hybridized carbons (Fsp3) is 0.304. The molecule has 0 saturated heterocycles. The molecule has 1 atom stereocenters. The highest BCUT2D eigenvalue weighted by atomic mass is 16.2. The number of anilines is 1. The van der Waals surface area contributed by atoms with E-state index < -0.39 is 18.0 Å². The van der Waals surface area contributed by atoms with Gasteiger partial charge in [0, 0.05) is 31.3 Å². The fourth-order valence-corrected chi connectivity index (χ4v) is 3.81. The molecule has 0 bridgehead atoms. The summed E-state index contributed by atoms with van der Waals surface area (Å²) in [4.78, 5) is 24.5. The Morgan fingerprint density at radius 1 is 1.00 bits per heavy atom. The van der Waals surface area contributed by atoms with Gasteiger partial charge in [0.1, 0.15) is 11.9 Å². The zero-order valence-corrected chi connectivity index (χ0v) is 17.5. The number of rotatable bonds is 5. The van der Waals surface area contributed by atoms with Crippen LogP contribution in [-0.4, -0.2) is 33.8 Å². The van der Waals surface area contributed by atoms with E-state index in [-0.39, 0.29) is 0 Å². The van der Waals surface area contributed by atoms with Crippen LogP contribution in [0.15, 0.2) is 54.6 Å². The molecular formula is C23H26N6O2. The van der Waals surface area contributed by atoms with Gasteiger partial charge < -0.3 is 15.2 Å². The normalized spacial score (nSPS) is 14.1. The second-order valence-electron chi connectivity index (χ2n) is 7.54. The summed E-state index contributed by atoms with van der Waals surface area (Å²) < 4.78 is 2.19. The van der Waals surface area contributed by atoms with E-state index in [1.165, 1.54) is 13.5 Å².